The van der Waals surface area contributed by atoms with Gasteiger partial charge in [-0.15, -0.1) is 0 Å². The second-order valence-electron chi connectivity index (χ2n) is 18.8. The number of fused-ring (bicyclic) bond motifs is 10. The van der Waals surface area contributed by atoms with Gasteiger partial charge in [0.1, 0.15) is 0 Å². The molecule has 0 aliphatic heterocycles. The van der Waals surface area contributed by atoms with Gasteiger partial charge in [-0.05, 0) is 80.1 Å². The van der Waals surface area contributed by atoms with Crippen molar-refractivity contribution in [2.75, 3.05) is 0 Å². The summed E-state index contributed by atoms with van der Waals surface area (Å²) < 4.78 is 0. The number of benzene rings is 4. The van der Waals surface area contributed by atoms with Crippen molar-refractivity contribution in [3.63, 3.8) is 0 Å². The number of hydrogen-bond acceptors (Lipinski definition) is 0. The zero-order chi connectivity index (χ0) is 38.2. The van der Waals surface area contributed by atoms with Crippen LogP contribution in [0, 0.1) is 37.9 Å². The van der Waals surface area contributed by atoms with E-state index in [4.69, 9.17) is 0 Å². The lowest BCUT2D eigenvalue weighted by Gasteiger charge is -2.79. The normalized spacial score (nSPS) is 36.8. The summed E-state index contributed by atoms with van der Waals surface area (Å²) in [6.07, 6.45) is 31.5. The third kappa shape index (κ3) is 3.76. The molecule has 0 spiro atoms. The monoisotopic (exact) mass is 714 g/mol. The van der Waals surface area contributed by atoms with Crippen molar-refractivity contribution in [2.45, 2.75) is 68.2 Å². The van der Waals surface area contributed by atoms with Gasteiger partial charge >= 0.3 is 0 Å². The lowest BCUT2D eigenvalue weighted by atomic mass is 9.23. The van der Waals surface area contributed by atoms with Crippen molar-refractivity contribution in [3.05, 3.63) is 197 Å². The van der Waals surface area contributed by atoms with Gasteiger partial charge in [-0.1, -0.05) is 217 Å². The maximum Gasteiger partial charge on any atom is 0.0173 e. The Morgan fingerprint density at radius 1 is 0.527 bits per heavy atom. The minimum atomic E-state index is -0.211. The van der Waals surface area contributed by atoms with E-state index in [0.29, 0.717) is 0 Å². The fourth-order valence-electron chi connectivity index (χ4n) is 14.0. The van der Waals surface area contributed by atoms with Crippen molar-refractivity contribution in [2.24, 2.45) is 37.9 Å². The fraction of sp³-hybridized carbons (Fsp3) is 0.309. The maximum atomic E-state index is 2.83. The Morgan fingerprint density at radius 3 is 1.56 bits per heavy atom. The SMILES string of the molecule is CC1=C(C2=CC=CC2)C(=C(c2cccc3ccccc23)c2cccc3ccccc23)CC2=CC3(C)C4(C)C=CC=CC4(C)C4(C)C=CC=CC4(C)C3(C)C21C. The second kappa shape index (κ2) is 11.1. The average Bonchev–Trinajstić information content (AvgIpc) is 3.79. The number of rotatable bonds is 3. The highest BCUT2D eigenvalue weighted by molar-refractivity contribution is 6.06. The molecular weight excluding hydrogens is 661 g/mol. The van der Waals surface area contributed by atoms with E-state index in [-0.39, 0.29) is 37.9 Å². The summed E-state index contributed by atoms with van der Waals surface area (Å²) in [5, 5.41) is 5.18. The van der Waals surface area contributed by atoms with Gasteiger partial charge in [0, 0.05) is 32.5 Å². The third-order valence-corrected chi connectivity index (χ3v) is 17.7. The summed E-state index contributed by atoms with van der Waals surface area (Å²) in [5.41, 5.74) is 10.4. The second-order valence-corrected chi connectivity index (χ2v) is 18.8. The van der Waals surface area contributed by atoms with Gasteiger partial charge in [0.2, 0.25) is 0 Å². The molecule has 0 heteroatoms. The fourth-order valence-corrected chi connectivity index (χ4v) is 14.0. The molecule has 55 heavy (non-hydrogen) atoms. The van der Waals surface area contributed by atoms with Gasteiger partial charge in [0.05, 0.1) is 0 Å². The molecule has 7 atom stereocenters. The minimum Gasteiger partial charge on any atom is -0.0801 e. The standard InChI is InChI=1S/C55H54/c1-37-47(40-23-9-10-24-40)46(48(44-29-19-25-38-21-11-13-27-42(38)44)45-30-20-26-39-22-12-14-28-43(39)45)35-41-36-53(6)51(4)33-16-15-31-49(51,2)50(3)32-17-18-34-52(50,5)55(53,8)54(37,41)7/h9-23,25-34,36H,24,35H2,1-8H3. The average molecular weight is 715 g/mol. The van der Waals surface area contributed by atoms with E-state index >= 15 is 0 Å². The van der Waals surface area contributed by atoms with Crippen LogP contribution in [0.15, 0.2) is 186 Å². The Balaban J connectivity index is 1.37. The molecule has 0 radical (unpaired) electrons. The zero-order valence-corrected chi connectivity index (χ0v) is 33.9. The Morgan fingerprint density at radius 2 is 1.02 bits per heavy atom. The largest absolute Gasteiger partial charge is 0.0801 e. The maximum absolute atomic E-state index is 2.83. The summed E-state index contributed by atoms with van der Waals surface area (Å²) in [6.45, 7) is 20.9. The molecule has 7 unspecified atom stereocenters. The van der Waals surface area contributed by atoms with Crippen LogP contribution in [0.2, 0.25) is 0 Å². The topological polar surface area (TPSA) is 0 Å². The van der Waals surface area contributed by atoms with Crippen LogP contribution in [0.1, 0.15) is 79.4 Å². The molecule has 4 aromatic carbocycles. The highest BCUT2D eigenvalue weighted by Crippen LogP contribution is 2.88. The van der Waals surface area contributed by atoms with Crippen LogP contribution in [0.3, 0.4) is 0 Å². The molecule has 274 valence electrons. The first kappa shape index (κ1) is 34.5. The van der Waals surface area contributed by atoms with Crippen molar-refractivity contribution in [1.29, 1.82) is 0 Å². The van der Waals surface area contributed by atoms with Crippen LogP contribution in [0.4, 0.5) is 0 Å². The van der Waals surface area contributed by atoms with E-state index in [1.54, 1.807) is 5.57 Å². The van der Waals surface area contributed by atoms with E-state index in [0.717, 1.165) is 12.8 Å². The summed E-state index contributed by atoms with van der Waals surface area (Å²) in [7, 11) is 0. The predicted octanol–water partition coefficient (Wildman–Crippen LogP) is 14.7. The van der Waals surface area contributed by atoms with Crippen LogP contribution in [0.5, 0.6) is 0 Å². The van der Waals surface area contributed by atoms with Crippen LogP contribution in [-0.2, 0) is 0 Å². The van der Waals surface area contributed by atoms with E-state index in [1.165, 1.54) is 60.5 Å². The molecule has 6 aliphatic carbocycles. The minimum absolute atomic E-state index is 0.117. The van der Waals surface area contributed by atoms with E-state index < -0.39 is 0 Å². The lowest BCUT2D eigenvalue weighted by molar-refractivity contribution is -0.253. The molecule has 0 N–H and O–H groups in total. The smallest absolute Gasteiger partial charge is 0.0173 e. The van der Waals surface area contributed by atoms with Gasteiger partial charge in [0.25, 0.3) is 0 Å². The van der Waals surface area contributed by atoms with E-state index in [9.17, 15) is 0 Å². The summed E-state index contributed by atoms with van der Waals surface area (Å²) >= 11 is 0. The highest BCUT2D eigenvalue weighted by atomic mass is 14.9. The van der Waals surface area contributed by atoms with E-state index in [1.807, 2.05) is 0 Å². The Hall–Kier alpha value is -4.94. The Kier molecular flexibility index (Phi) is 6.97. The molecule has 1 saturated carbocycles. The van der Waals surface area contributed by atoms with Crippen molar-refractivity contribution >= 4 is 27.1 Å². The molecule has 10 rings (SSSR count). The van der Waals surface area contributed by atoms with Crippen molar-refractivity contribution in [1.82, 2.24) is 0 Å². The molecule has 0 saturated heterocycles. The first-order valence-electron chi connectivity index (χ1n) is 20.5. The summed E-state index contributed by atoms with van der Waals surface area (Å²) in [6, 6.07) is 31.8. The van der Waals surface area contributed by atoms with Crippen LogP contribution >= 0.6 is 0 Å². The Bertz CT molecular complexity index is 2570. The first-order chi connectivity index (χ1) is 26.3. The Labute approximate surface area is 328 Å². The first-order valence-corrected chi connectivity index (χ1v) is 20.5. The van der Waals surface area contributed by atoms with Gasteiger partial charge < -0.3 is 0 Å². The summed E-state index contributed by atoms with van der Waals surface area (Å²) in [5.74, 6) is 0. The van der Waals surface area contributed by atoms with Crippen LogP contribution in [0.25, 0.3) is 27.1 Å². The molecular formula is C55H54. The quantitative estimate of drug-likeness (QED) is 0.185. The van der Waals surface area contributed by atoms with Crippen LogP contribution < -0.4 is 0 Å². The summed E-state index contributed by atoms with van der Waals surface area (Å²) in [4.78, 5) is 0. The van der Waals surface area contributed by atoms with Crippen molar-refractivity contribution in [3.8, 4) is 0 Å². The molecule has 0 bridgehead atoms. The highest BCUT2D eigenvalue weighted by Gasteiger charge is 2.83. The molecule has 6 aliphatic rings. The molecule has 1 fully saturated rings. The van der Waals surface area contributed by atoms with Gasteiger partial charge in [-0.2, -0.15) is 0 Å². The zero-order valence-electron chi connectivity index (χ0n) is 33.9. The molecule has 0 amide bonds. The number of hydrogen-bond donors (Lipinski definition) is 0. The molecule has 4 aromatic rings. The van der Waals surface area contributed by atoms with E-state index in [2.05, 4.69) is 213 Å². The molecule has 0 aromatic heterocycles. The number of allylic oxidation sites excluding steroid dienone is 17. The lowest BCUT2D eigenvalue weighted by Crippen LogP contribution is -2.75. The third-order valence-electron chi connectivity index (χ3n) is 17.7. The molecule has 0 nitrogen and oxygen atoms in total. The molecule has 0 heterocycles. The van der Waals surface area contributed by atoms with Crippen molar-refractivity contribution < 1.29 is 0 Å². The van der Waals surface area contributed by atoms with Gasteiger partial charge in [-0.25, -0.2) is 0 Å². The van der Waals surface area contributed by atoms with Gasteiger partial charge in [0.15, 0.2) is 0 Å². The van der Waals surface area contributed by atoms with Gasteiger partial charge in [-0.3, -0.25) is 0 Å². The predicted molar refractivity (Wildman–Crippen MR) is 234 cm³/mol. The van der Waals surface area contributed by atoms with Crippen LogP contribution in [-0.4, -0.2) is 0 Å².